The Hall–Kier alpha value is -10.9. The zero-order valence-corrected chi connectivity index (χ0v) is 62.0. The molecule has 3 fully saturated rings. The van der Waals surface area contributed by atoms with Gasteiger partial charge in [-0.2, -0.15) is 0 Å². The first-order chi connectivity index (χ1) is 52.3. The Labute approximate surface area is 627 Å². The third-order valence-corrected chi connectivity index (χ3v) is 20.1. The Bertz CT molecular complexity index is 4350. The van der Waals surface area contributed by atoms with Gasteiger partial charge in [0, 0.05) is 86.8 Å². The molecule has 3 aliphatic heterocycles. The van der Waals surface area contributed by atoms with Crippen molar-refractivity contribution in [3.05, 3.63) is 287 Å². The summed E-state index contributed by atoms with van der Waals surface area (Å²) < 4.78 is 50.4. The second kappa shape index (κ2) is 37.9. The van der Waals surface area contributed by atoms with Gasteiger partial charge in [0.1, 0.15) is 34.5 Å². The molecule has 14 rings (SSSR count). The van der Waals surface area contributed by atoms with Crippen molar-refractivity contribution < 1.29 is 56.1 Å². The molecule has 0 amide bonds. The first kappa shape index (κ1) is 75.8. The van der Waals surface area contributed by atoms with E-state index in [0.29, 0.717) is 69.3 Å². The predicted molar refractivity (Wildman–Crippen MR) is 412 cm³/mol. The molecule has 1 N–H and O–H groups in total. The maximum absolute atomic E-state index is 12.3. The summed E-state index contributed by atoms with van der Waals surface area (Å²) in [5.41, 5.74) is 11.9. The van der Waals surface area contributed by atoms with Crippen molar-refractivity contribution in [2.45, 2.75) is 110 Å². The number of aryl methyl sites for hydroxylation is 3. The number of rotatable bonds is 28. The Morgan fingerprint density at radius 3 is 1.02 bits per heavy atom. The van der Waals surface area contributed by atoms with E-state index in [4.69, 9.17) is 41.7 Å². The van der Waals surface area contributed by atoms with E-state index < -0.39 is 0 Å². The first-order valence-electron chi connectivity index (χ1n) is 37.0. The summed E-state index contributed by atoms with van der Waals surface area (Å²) in [6.45, 7) is 11.2. The molecule has 0 aliphatic carbocycles. The van der Waals surface area contributed by atoms with Crippen LogP contribution in [0, 0.1) is 38.5 Å². The largest absolute Gasteiger partial charge is 0.493 e. The second-order valence-electron chi connectivity index (χ2n) is 27.6. The maximum Gasteiger partial charge on any atom is 0.310 e. The zero-order valence-electron chi connectivity index (χ0n) is 62.0. The minimum Gasteiger partial charge on any atom is -0.493 e. The van der Waals surface area contributed by atoms with E-state index in [0.717, 1.165) is 133 Å². The molecule has 0 saturated carbocycles. The minimum atomic E-state index is -0.128. The van der Waals surface area contributed by atoms with Crippen molar-refractivity contribution >= 4 is 17.9 Å². The number of hydrogen-bond donors (Lipinski definition) is 1. The predicted octanol–water partition coefficient (Wildman–Crippen LogP) is 15.7. The number of carbonyl (C=O) groups excluding carboxylic acids is 3. The number of hydrogen-bond acceptors (Lipinski definition) is 18. The van der Waals surface area contributed by atoms with E-state index in [1.807, 2.05) is 160 Å². The lowest BCUT2D eigenvalue weighted by atomic mass is 9.99. The van der Waals surface area contributed by atoms with Crippen molar-refractivity contribution in [1.29, 1.82) is 0 Å². The standard InChI is InChI=1S/2C32H34N2O4.C25H28N2O4/c2*1-23-30(33-31(38-23)26-11-7-4-8-12-26)17-18-37-29-15-13-24(14-16-29)19-28-20-27(32(35)36-2)22-34(28)21-25-9-5-3-6-10-25;1-17-23(27-24(31-17)19-6-4-3-5-7-19)12-13-30-22-10-8-18(9-11-22)14-21-15-20(16-26-21)25(28)29-2/h2*3-16,27-28H,17-22H2,1-2H3;3-11,20-21,26H,12-16H2,1-2H3/t27-,28+;27-,28-;20-,21+/m011/s1. The molecule has 0 bridgehead atoms. The number of aromatic nitrogens is 3. The fourth-order valence-corrected chi connectivity index (χ4v) is 14.3. The van der Waals surface area contributed by atoms with Crippen LogP contribution in [0.5, 0.6) is 17.2 Å². The molecule has 554 valence electrons. The van der Waals surface area contributed by atoms with Crippen molar-refractivity contribution in [2.75, 3.05) is 60.8 Å². The van der Waals surface area contributed by atoms with E-state index in [2.05, 4.69) is 115 Å². The van der Waals surface area contributed by atoms with Crippen LogP contribution >= 0.6 is 0 Å². The minimum absolute atomic E-state index is 0.0417. The number of esters is 3. The van der Waals surface area contributed by atoms with Gasteiger partial charge in [-0.05, 0) is 160 Å². The van der Waals surface area contributed by atoms with E-state index >= 15 is 0 Å². The van der Waals surface area contributed by atoms with Gasteiger partial charge in [-0.1, -0.05) is 152 Å². The molecule has 3 aliphatic rings. The fourth-order valence-electron chi connectivity index (χ4n) is 14.3. The smallest absolute Gasteiger partial charge is 0.310 e. The van der Waals surface area contributed by atoms with Crippen LogP contribution in [0.3, 0.4) is 0 Å². The Balaban J connectivity index is 0.000000151. The van der Waals surface area contributed by atoms with Gasteiger partial charge >= 0.3 is 17.9 Å². The lowest BCUT2D eigenvalue weighted by Crippen LogP contribution is -2.31. The lowest BCUT2D eigenvalue weighted by molar-refractivity contribution is -0.145. The third kappa shape index (κ3) is 21.4. The van der Waals surface area contributed by atoms with Gasteiger partial charge in [0.05, 0.1) is 76.0 Å². The highest BCUT2D eigenvalue weighted by Crippen LogP contribution is 2.33. The van der Waals surface area contributed by atoms with Crippen LogP contribution in [0.1, 0.15) is 81.4 Å². The Morgan fingerprint density at radius 1 is 0.383 bits per heavy atom. The summed E-state index contributed by atoms with van der Waals surface area (Å²) in [7, 11) is 4.39. The van der Waals surface area contributed by atoms with Gasteiger partial charge in [0.25, 0.3) is 0 Å². The molecule has 0 radical (unpaired) electrons. The molecule has 107 heavy (non-hydrogen) atoms. The molecule has 8 aromatic carbocycles. The number of benzene rings is 8. The molecule has 18 heteroatoms. The summed E-state index contributed by atoms with van der Waals surface area (Å²) >= 11 is 0. The topological polar surface area (TPSA) is 203 Å². The zero-order chi connectivity index (χ0) is 74.3. The molecule has 0 unspecified atom stereocenters. The molecule has 6 atom stereocenters. The van der Waals surface area contributed by atoms with Crippen LogP contribution in [0.15, 0.2) is 238 Å². The average Bonchev–Trinajstić information content (AvgIpc) is 1.72. The van der Waals surface area contributed by atoms with E-state index in [1.165, 1.54) is 49.1 Å². The van der Waals surface area contributed by atoms with Crippen LogP contribution in [0.4, 0.5) is 0 Å². The fraction of sp³-hybridized carbons (Fsp3) is 0.326. The molecular weight excluding hydrogens is 1350 g/mol. The van der Waals surface area contributed by atoms with Crippen LogP contribution in [0.2, 0.25) is 0 Å². The van der Waals surface area contributed by atoms with Crippen molar-refractivity contribution in [2.24, 2.45) is 17.8 Å². The third-order valence-electron chi connectivity index (χ3n) is 20.1. The normalized spacial score (nSPS) is 17.6. The highest BCUT2D eigenvalue weighted by molar-refractivity contribution is 5.74. The monoisotopic (exact) mass is 1440 g/mol. The lowest BCUT2D eigenvalue weighted by Gasteiger charge is -2.24. The van der Waals surface area contributed by atoms with Gasteiger partial charge in [0.15, 0.2) is 0 Å². The van der Waals surface area contributed by atoms with Crippen LogP contribution in [-0.2, 0) is 80.2 Å². The summed E-state index contributed by atoms with van der Waals surface area (Å²) in [5.74, 6) is 6.33. The van der Waals surface area contributed by atoms with Crippen molar-refractivity contribution in [3.8, 4) is 51.6 Å². The summed E-state index contributed by atoms with van der Waals surface area (Å²) in [6, 6.07) is 76.2. The molecule has 6 heterocycles. The molecule has 18 nitrogen and oxygen atoms in total. The highest BCUT2D eigenvalue weighted by atomic mass is 16.5. The SMILES string of the molecule is COC(=O)[C@@H]1C[C@@H](Cc2ccc(OCCc3nc(-c4ccccc4)oc3C)cc2)N(Cc2ccccc2)C1.COC(=O)[C@H]1CN[C@@H](Cc2ccc(OCCc3nc(-c4ccccc4)oc3C)cc2)C1.COC(=O)[C@H]1C[C@@H](Cc2ccc(OCCc3nc(-c4ccccc4)oc3C)cc2)N(Cc2ccccc2)C1. The highest BCUT2D eigenvalue weighted by Gasteiger charge is 2.38. The molecular formula is C89H96N6O12. The van der Waals surface area contributed by atoms with E-state index in [-0.39, 0.29) is 47.7 Å². The number of nitrogens with one attached hydrogen (secondary N) is 1. The number of carbonyl (C=O) groups is 3. The molecule has 3 saturated heterocycles. The number of nitrogens with zero attached hydrogens (tertiary/aromatic N) is 5. The Morgan fingerprint density at radius 2 is 0.692 bits per heavy atom. The van der Waals surface area contributed by atoms with E-state index in [9.17, 15) is 14.4 Å². The van der Waals surface area contributed by atoms with Gasteiger partial charge in [-0.25, -0.2) is 15.0 Å². The molecule has 11 aromatic rings. The molecule has 3 aromatic heterocycles. The number of methoxy groups -OCH3 is 3. The number of oxazole rings is 3. The molecule has 0 spiro atoms. The quantitative estimate of drug-likeness (QED) is 0.0358. The van der Waals surface area contributed by atoms with Crippen LogP contribution in [0.25, 0.3) is 34.4 Å². The van der Waals surface area contributed by atoms with Gasteiger partial charge in [-0.15, -0.1) is 0 Å². The van der Waals surface area contributed by atoms with Crippen molar-refractivity contribution in [3.63, 3.8) is 0 Å². The number of likely N-dealkylation sites (tertiary alicyclic amines) is 2. The first-order valence-corrected chi connectivity index (χ1v) is 37.0. The number of ether oxygens (including phenoxy) is 6. The van der Waals surface area contributed by atoms with Gasteiger partial charge < -0.3 is 47.0 Å². The second-order valence-corrected chi connectivity index (χ2v) is 27.6. The summed E-state index contributed by atoms with van der Waals surface area (Å²) in [4.78, 5) is 55.0. The van der Waals surface area contributed by atoms with Crippen LogP contribution in [-0.4, -0.2) is 122 Å². The van der Waals surface area contributed by atoms with Crippen LogP contribution < -0.4 is 19.5 Å². The maximum atomic E-state index is 12.3. The summed E-state index contributed by atoms with van der Waals surface area (Å²) in [5, 5.41) is 3.41. The Kier molecular flexibility index (Phi) is 26.8. The van der Waals surface area contributed by atoms with Crippen molar-refractivity contribution in [1.82, 2.24) is 30.1 Å². The van der Waals surface area contributed by atoms with E-state index in [1.54, 1.807) is 0 Å². The summed E-state index contributed by atoms with van der Waals surface area (Å²) in [6.07, 6.45) is 7.10. The van der Waals surface area contributed by atoms with Gasteiger partial charge in [-0.3, -0.25) is 24.2 Å². The van der Waals surface area contributed by atoms with Gasteiger partial charge in [0.2, 0.25) is 17.7 Å². The average molecular weight is 1440 g/mol.